The summed E-state index contributed by atoms with van der Waals surface area (Å²) in [5.74, 6) is 0.150. The van der Waals surface area contributed by atoms with Crippen LogP contribution >= 0.6 is 0 Å². The van der Waals surface area contributed by atoms with E-state index in [1.165, 1.54) is 0 Å². The molecular formula is C17H21N3O4. The van der Waals surface area contributed by atoms with E-state index in [1.807, 2.05) is 6.92 Å². The molecular weight excluding hydrogens is 310 g/mol. The van der Waals surface area contributed by atoms with Crippen LogP contribution in [0.25, 0.3) is 0 Å². The first-order valence-electron chi connectivity index (χ1n) is 8.11. The van der Waals surface area contributed by atoms with Gasteiger partial charge < -0.3 is 15.4 Å². The molecule has 1 atom stereocenters. The molecule has 1 aliphatic heterocycles. The number of carbonyl (C=O) groups is 3. The number of ether oxygens (including phenoxy) is 1. The van der Waals surface area contributed by atoms with Gasteiger partial charge in [0.25, 0.3) is 5.91 Å². The Morgan fingerprint density at radius 1 is 1.33 bits per heavy atom. The lowest BCUT2D eigenvalue weighted by molar-refractivity contribution is -0.134. The van der Waals surface area contributed by atoms with Gasteiger partial charge in [0.2, 0.25) is 5.91 Å². The van der Waals surface area contributed by atoms with Gasteiger partial charge in [-0.1, -0.05) is 0 Å². The molecule has 7 heteroatoms. The van der Waals surface area contributed by atoms with E-state index in [4.69, 9.17) is 4.74 Å². The third-order valence-corrected chi connectivity index (χ3v) is 4.45. The van der Waals surface area contributed by atoms with Gasteiger partial charge in [0.05, 0.1) is 6.61 Å². The summed E-state index contributed by atoms with van der Waals surface area (Å²) in [7, 11) is 0. The number of anilines is 1. The topological polar surface area (TPSA) is 87.7 Å². The average Bonchev–Trinajstić information content (AvgIpc) is 3.36. The maximum atomic E-state index is 12.5. The van der Waals surface area contributed by atoms with Crippen molar-refractivity contribution in [3.05, 3.63) is 24.3 Å². The van der Waals surface area contributed by atoms with E-state index in [0.29, 0.717) is 18.0 Å². The normalized spacial score (nSPS) is 23.2. The SMILES string of the molecule is CCOc1ccc(NC(=O)CN2C(=O)NC(C)(C3CC3)C2=O)cc1. The fourth-order valence-electron chi connectivity index (χ4n) is 2.94. The molecule has 1 aliphatic carbocycles. The summed E-state index contributed by atoms with van der Waals surface area (Å²) in [5.41, 5.74) is -0.281. The Labute approximate surface area is 140 Å². The van der Waals surface area contributed by atoms with Crippen LogP contribution in [-0.2, 0) is 9.59 Å². The number of amides is 4. The highest BCUT2D eigenvalue weighted by atomic mass is 16.5. The third-order valence-electron chi connectivity index (χ3n) is 4.45. The van der Waals surface area contributed by atoms with E-state index < -0.39 is 17.5 Å². The fourth-order valence-corrected chi connectivity index (χ4v) is 2.94. The van der Waals surface area contributed by atoms with Gasteiger partial charge in [-0.05, 0) is 56.9 Å². The van der Waals surface area contributed by atoms with Gasteiger partial charge >= 0.3 is 6.03 Å². The zero-order valence-corrected chi connectivity index (χ0v) is 13.8. The van der Waals surface area contributed by atoms with Crippen LogP contribution in [-0.4, -0.2) is 41.4 Å². The van der Waals surface area contributed by atoms with Crippen molar-refractivity contribution in [2.24, 2.45) is 5.92 Å². The second-order valence-electron chi connectivity index (χ2n) is 6.30. The Morgan fingerprint density at radius 3 is 2.58 bits per heavy atom. The number of hydrogen-bond donors (Lipinski definition) is 2. The quantitative estimate of drug-likeness (QED) is 0.777. The van der Waals surface area contributed by atoms with Crippen LogP contribution in [0.15, 0.2) is 24.3 Å². The zero-order chi connectivity index (χ0) is 17.3. The molecule has 1 aromatic rings. The first-order chi connectivity index (χ1) is 11.4. The van der Waals surface area contributed by atoms with Crippen molar-refractivity contribution < 1.29 is 19.1 Å². The Balaban J connectivity index is 1.60. The number of imide groups is 1. The van der Waals surface area contributed by atoms with Gasteiger partial charge in [-0.25, -0.2) is 4.79 Å². The number of nitrogens with zero attached hydrogens (tertiary/aromatic N) is 1. The Morgan fingerprint density at radius 2 is 2.00 bits per heavy atom. The van der Waals surface area contributed by atoms with Crippen LogP contribution in [0, 0.1) is 5.92 Å². The minimum Gasteiger partial charge on any atom is -0.494 e. The van der Waals surface area contributed by atoms with E-state index in [9.17, 15) is 14.4 Å². The highest BCUT2D eigenvalue weighted by Crippen LogP contribution is 2.42. The minimum absolute atomic E-state index is 0.174. The van der Waals surface area contributed by atoms with E-state index in [1.54, 1.807) is 31.2 Å². The van der Waals surface area contributed by atoms with E-state index >= 15 is 0 Å². The standard InChI is InChI=1S/C17H21N3O4/c1-3-24-13-8-6-12(7-9-13)18-14(21)10-20-15(22)17(2,11-4-5-11)19-16(20)23/h6-9,11H,3-5,10H2,1-2H3,(H,18,21)(H,19,23). The number of urea groups is 1. The summed E-state index contributed by atoms with van der Waals surface area (Å²) < 4.78 is 5.33. The second-order valence-corrected chi connectivity index (χ2v) is 6.30. The molecule has 7 nitrogen and oxygen atoms in total. The Kier molecular flexibility index (Phi) is 4.17. The highest BCUT2D eigenvalue weighted by molar-refractivity contribution is 6.10. The molecule has 3 rings (SSSR count). The van der Waals surface area contributed by atoms with Crippen LogP contribution in [0.3, 0.4) is 0 Å². The minimum atomic E-state index is -0.865. The van der Waals surface area contributed by atoms with Crippen molar-refractivity contribution in [2.45, 2.75) is 32.2 Å². The summed E-state index contributed by atoms with van der Waals surface area (Å²) in [6, 6.07) is 6.41. The number of carbonyl (C=O) groups excluding carboxylic acids is 3. The predicted molar refractivity (Wildman–Crippen MR) is 87.6 cm³/mol. The van der Waals surface area contributed by atoms with Gasteiger partial charge in [-0.2, -0.15) is 0 Å². The molecule has 0 spiro atoms. The van der Waals surface area contributed by atoms with Gasteiger partial charge in [0.1, 0.15) is 17.8 Å². The Bertz CT molecular complexity index is 669. The lowest BCUT2D eigenvalue weighted by Crippen LogP contribution is -2.46. The average molecular weight is 331 g/mol. The highest BCUT2D eigenvalue weighted by Gasteiger charge is 2.56. The lowest BCUT2D eigenvalue weighted by Gasteiger charge is -2.20. The zero-order valence-electron chi connectivity index (χ0n) is 13.8. The van der Waals surface area contributed by atoms with Crippen LogP contribution < -0.4 is 15.4 Å². The molecule has 1 saturated heterocycles. The molecule has 2 N–H and O–H groups in total. The van der Waals surface area contributed by atoms with Crippen LogP contribution in [0.5, 0.6) is 5.75 Å². The molecule has 24 heavy (non-hydrogen) atoms. The summed E-state index contributed by atoms with van der Waals surface area (Å²) in [5, 5.41) is 5.41. The number of benzene rings is 1. The van der Waals surface area contributed by atoms with Gasteiger partial charge in [-0.15, -0.1) is 0 Å². The van der Waals surface area contributed by atoms with Crippen LogP contribution in [0.2, 0.25) is 0 Å². The number of nitrogens with one attached hydrogen (secondary N) is 2. The largest absolute Gasteiger partial charge is 0.494 e. The third kappa shape index (κ3) is 3.06. The Hall–Kier alpha value is -2.57. The van der Waals surface area contributed by atoms with E-state index in [-0.39, 0.29) is 18.4 Å². The number of hydrogen-bond acceptors (Lipinski definition) is 4. The summed E-state index contributed by atoms with van der Waals surface area (Å²) in [6.45, 7) is 3.90. The molecule has 1 unspecified atom stereocenters. The summed E-state index contributed by atoms with van der Waals surface area (Å²) in [6.07, 6.45) is 1.85. The van der Waals surface area contributed by atoms with Crippen LogP contribution in [0.1, 0.15) is 26.7 Å². The molecule has 2 aliphatic rings. The van der Waals surface area contributed by atoms with Gasteiger partial charge in [0, 0.05) is 5.69 Å². The van der Waals surface area contributed by atoms with Crippen molar-refractivity contribution in [3.63, 3.8) is 0 Å². The van der Waals surface area contributed by atoms with Crippen molar-refractivity contribution in [2.75, 3.05) is 18.5 Å². The lowest BCUT2D eigenvalue weighted by atomic mass is 9.96. The molecule has 0 aromatic heterocycles. The summed E-state index contributed by atoms with van der Waals surface area (Å²) >= 11 is 0. The monoisotopic (exact) mass is 331 g/mol. The van der Waals surface area contributed by atoms with Crippen molar-refractivity contribution in [1.29, 1.82) is 0 Å². The molecule has 4 amide bonds. The molecule has 1 heterocycles. The molecule has 2 fully saturated rings. The van der Waals surface area contributed by atoms with E-state index in [2.05, 4.69) is 10.6 Å². The van der Waals surface area contributed by atoms with E-state index in [0.717, 1.165) is 17.7 Å². The molecule has 0 radical (unpaired) electrons. The molecule has 128 valence electrons. The van der Waals surface area contributed by atoms with Crippen LogP contribution in [0.4, 0.5) is 10.5 Å². The van der Waals surface area contributed by atoms with Gasteiger partial charge in [-0.3, -0.25) is 14.5 Å². The number of rotatable bonds is 6. The summed E-state index contributed by atoms with van der Waals surface area (Å²) in [4.78, 5) is 37.6. The molecule has 1 aromatic carbocycles. The molecule has 0 bridgehead atoms. The maximum absolute atomic E-state index is 12.5. The van der Waals surface area contributed by atoms with Crippen molar-refractivity contribution >= 4 is 23.5 Å². The first kappa shape index (κ1) is 16.3. The molecule has 1 saturated carbocycles. The predicted octanol–water partition coefficient (Wildman–Crippen LogP) is 1.74. The van der Waals surface area contributed by atoms with Gasteiger partial charge in [0.15, 0.2) is 0 Å². The van der Waals surface area contributed by atoms with Crippen molar-refractivity contribution in [1.82, 2.24) is 10.2 Å². The second kappa shape index (κ2) is 6.14. The first-order valence-corrected chi connectivity index (χ1v) is 8.11. The smallest absolute Gasteiger partial charge is 0.325 e. The van der Waals surface area contributed by atoms with Crippen molar-refractivity contribution in [3.8, 4) is 5.75 Å². The fraction of sp³-hybridized carbons (Fsp3) is 0.471. The maximum Gasteiger partial charge on any atom is 0.325 e.